The highest BCUT2D eigenvalue weighted by Gasteiger charge is 2.20. The van der Waals surface area contributed by atoms with Crippen molar-refractivity contribution in [2.45, 2.75) is 0 Å². The molecule has 1 aliphatic heterocycles. The number of pyridine rings is 1. The van der Waals surface area contributed by atoms with E-state index in [1.807, 2.05) is 25.1 Å². The predicted octanol–water partition coefficient (Wildman–Crippen LogP) is 0.443. The highest BCUT2D eigenvalue weighted by atomic mass is 16.2. The number of amides is 1. The van der Waals surface area contributed by atoms with Gasteiger partial charge in [-0.3, -0.25) is 9.78 Å². The average Bonchev–Trinajstić information content (AvgIpc) is 2.47. The highest BCUT2D eigenvalue weighted by Crippen LogP contribution is 2.12. The van der Waals surface area contributed by atoms with Gasteiger partial charge in [0.15, 0.2) is 0 Å². The minimum atomic E-state index is 0.0758. The molecule has 0 bridgehead atoms. The van der Waals surface area contributed by atoms with Crippen molar-refractivity contribution in [2.24, 2.45) is 0 Å². The molecule has 6 nitrogen and oxygen atoms in total. The maximum absolute atomic E-state index is 12.5. The third-order valence-electron chi connectivity index (χ3n) is 3.66. The summed E-state index contributed by atoms with van der Waals surface area (Å²) in [5.74, 6) is 0.0758. The second kappa shape index (κ2) is 7.38. The molecule has 1 saturated heterocycles. The van der Waals surface area contributed by atoms with Gasteiger partial charge in [-0.1, -0.05) is 0 Å². The third-order valence-corrected chi connectivity index (χ3v) is 3.66. The number of nitrogens with zero attached hydrogens (tertiary/aromatic N) is 4. The number of rotatable bonds is 5. The molecule has 1 amide bonds. The smallest absolute Gasteiger partial charge is 0.255 e. The standard InChI is InChI=1S/C15H25N5O/c1-18(2)5-4-17-14-10-13(11-16-12-14)15(21)20-8-6-19(3)7-9-20/h10-12,17H,4-9H2,1-3H3. The molecule has 2 heterocycles. The third kappa shape index (κ3) is 4.68. The SMILES string of the molecule is CN(C)CCNc1cncc(C(=O)N2CCN(C)CC2)c1. The molecule has 0 atom stereocenters. The van der Waals surface area contributed by atoms with Gasteiger partial charge in [0.25, 0.3) is 5.91 Å². The molecule has 0 spiro atoms. The molecular weight excluding hydrogens is 266 g/mol. The maximum Gasteiger partial charge on any atom is 0.255 e. The lowest BCUT2D eigenvalue weighted by molar-refractivity contribution is 0.0663. The van der Waals surface area contributed by atoms with Gasteiger partial charge in [-0.2, -0.15) is 0 Å². The Morgan fingerprint density at radius 1 is 1.29 bits per heavy atom. The Bertz CT molecular complexity index is 469. The van der Waals surface area contributed by atoms with Gasteiger partial charge < -0.3 is 20.0 Å². The van der Waals surface area contributed by atoms with Crippen molar-refractivity contribution in [3.63, 3.8) is 0 Å². The second-order valence-corrected chi connectivity index (χ2v) is 5.79. The Kier molecular flexibility index (Phi) is 5.52. The summed E-state index contributed by atoms with van der Waals surface area (Å²) in [7, 11) is 6.15. The van der Waals surface area contributed by atoms with Gasteiger partial charge >= 0.3 is 0 Å². The quantitative estimate of drug-likeness (QED) is 0.853. The Morgan fingerprint density at radius 3 is 2.67 bits per heavy atom. The summed E-state index contributed by atoms with van der Waals surface area (Å²) < 4.78 is 0. The summed E-state index contributed by atoms with van der Waals surface area (Å²) in [6.07, 6.45) is 3.41. The van der Waals surface area contributed by atoms with E-state index in [9.17, 15) is 4.79 Å². The normalized spacial score (nSPS) is 16.3. The minimum Gasteiger partial charge on any atom is -0.382 e. The van der Waals surface area contributed by atoms with E-state index in [1.54, 1.807) is 12.4 Å². The fourth-order valence-corrected chi connectivity index (χ4v) is 2.27. The van der Waals surface area contributed by atoms with Crippen molar-refractivity contribution in [3.8, 4) is 0 Å². The van der Waals surface area contributed by atoms with Crippen molar-refractivity contribution < 1.29 is 4.79 Å². The lowest BCUT2D eigenvalue weighted by Gasteiger charge is -2.32. The van der Waals surface area contributed by atoms with Crippen LogP contribution in [-0.4, -0.2) is 86.0 Å². The fourth-order valence-electron chi connectivity index (χ4n) is 2.27. The Morgan fingerprint density at radius 2 is 2.00 bits per heavy atom. The fraction of sp³-hybridized carbons (Fsp3) is 0.600. The zero-order valence-electron chi connectivity index (χ0n) is 13.2. The molecule has 0 radical (unpaired) electrons. The largest absolute Gasteiger partial charge is 0.382 e. The number of carbonyl (C=O) groups excluding carboxylic acids is 1. The Labute approximate surface area is 126 Å². The monoisotopic (exact) mass is 291 g/mol. The molecule has 1 aliphatic rings. The zero-order valence-corrected chi connectivity index (χ0v) is 13.2. The number of hydrogen-bond donors (Lipinski definition) is 1. The number of carbonyl (C=O) groups is 1. The topological polar surface area (TPSA) is 51.7 Å². The summed E-state index contributed by atoms with van der Waals surface area (Å²) in [6, 6.07) is 1.89. The van der Waals surface area contributed by atoms with Crippen molar-refractivity contribution in [1.29, 1.82) is 0 Å². The summed E-state index contributed by atoms with van der Waals surface area (Å²) in [5, 5.41) is 3.30. The van der Waals surface area contributed by atoms with Crippen LogP contribution in [0.1, 0.15) is 10.4 Å². The lowest BCUT2D eigenvalue weighted by Crippen LogP contribution is -2.47. The number of nitrogens with one attached hydrogen (secondary N) is 1. The molecule has 0 aliphatic carbocycles. The van der Waals surface area contributed by atoms with Crippen molar-refractivity contribution in [3.05, 3.63) is 24.0 Å². The number of aromatic nitrogens is 1. The molecule has 21 heavy (non-hydrogen) atoms. The number of likely N-dealkylation sites (N-methyl/N-ethyl adjacent to an activating group) is 2. The average molecular weight is 291 g/mol. The van der Waals surface area contributed by atoms with Crippen LogP contribution in [0.15, 0.2) is 18.5 Å². The van der Waals surface area contributed by atoms with Crippen molar-refractivity contribution in [1.82, 2.24) is 19.7 Å². The first-order valence-electron chi connectivity index (χ1n) is 7.38. The van der Waals surface area contributed by atoms with Crippen LogP contribution in [0.3, 0.4) is 0 Å². The number of anilines is 1. The van der Waals surface area contributed by atoms with E-state index in [4.69, 9.17) is 0 Å². The molecule has 0 aromatic carbocycles. The molecule has 6 heteroatoms. The molecule has 2 rings (SSSR count). The van der Waals surface area contributed by atoms with Gasteiger partial charge in [0.05, 0.1) is 11.3 Å². The second-order valence-electron chi connectivity index (χ2n) is 5.79. The maximum atomic E-state index is 12.5. The lowest BCUT2D eigenvalue weighted by atomic mass is 10.2. The molecule has 0 unspecified atom stereocenters. The van der Waals surface area contributed by atoms with Gasteiger partial charge in [-0.25, -0.2) is 0 Å². The van der Waals surface area contributed by atoms with Gasteiger partial charge in [0.1, 0.15) is 0 Å². The van der Waals surface area contributed by atoms with Crippen LogP contribution in [0.2, 0.25) is 0 Å². The van der Waals surface area contributed by atoms with Gasteiger partial charge in [-0.05, 0) is 27.2 Å². The zero-order chi connectivity index (χ0) is 15.2. The number of hydrogen-bond acceptors (Lipinski definition) is 5. The molecule has 1 N–H and O–H groups in total. The summed E-state index contributed by atoms with van der Waals surface area (Å²) in [6.45, 7) is 5.21. The van der Waals surface area contributed by atoms with Crippen LogP contribution in [0.5, 0.6) is 0 Å². The molecule has 1 fully saturated rings. The molecule has 0 saturated carbocycles. The van der Waals surface area contributed by atoms with Crippen LogP contribution in [0.25, 0.3) is 0 Å². The minimum absolute atomic E-state index is 0.0758. The van der Waals surface area contributed by atoms with Crippen LogP contribution in [0.4, 0.5) is 5.69 Å². The van der Waals surface area contributed by atoms with Crippen LogP contribution < -0.4 is 5.32 Å². The first-order chi connectivity index (χ1) is 10.1. The summed E-state index contributed by atoms with van der Waals surface area (Å²) in [4.78, 5) is 22.9. The van der Waals surface area contributed by atoms with Gasteiger partial charge in [0.2, 0.25) is 0 Å². The highest BCUT2D eigenvalue weighted by molar-refractivity contribution is 5.94. The predicted molar refractivity (Wildman–Crippen MR) is 84.7 cm³/mol. The van der Waals surface area contributed by atoms with E-state index in [0.717, 1.165) is 45.0 Å². The van der Waals surface area contributed by atoms with E-state index in [2.05, 4.69) is 27.1 Å². The molecule has 1 aromatic heterocycles. The van der Waals surface area contributed by atoms with Crippen molar-refractivity contribution in [2.75, 3.05) is 65.7 Å². The summed E-state index contributed by atoms with van der Waals surface area (Å²) >= 11 is 0. The van der Waals surface area contributed by atoms with Crippen LogP contribution in [-0.2, 0) is 0 Å². The summed E-state index contributed by atoms with van der Waals surface area (Å²) in [5.41, 5.74) is 1.56. The first kappa shape index (κ1) is 15.7. The first-order valence-corrected chi connectivity index (χ1v) is 7.38. The molecular formula is C15H25N5O. The molecule has 1 aromatic rings. The van der Waals surface area contributed by atoms with Crippen LogP contribution >= 0.6 is 0 Å². The van der Waals surface area contributed by atoms with Crippen LogP contribution in [0, 0.1) is 0 Å². The van der Waals surface area contributed by atoms with Gasteiger partial charge in [0, 0.05) is 51.7 Å². The van der Waals surface area contributed by atoms with Crippen molar-refractivity contribution >= 4 is 11.6 Å². The van der Waals surface area contributed by atoms with E-state index in [1.165, 1.54) is 0 Å². The Hall–Kier alpha value is -1.66. The van der Waals surface area contributed by atoms with E-state index >= 15 is 0 Å². The number of piperazine rings is 1. The van der Waals surface area contributed by atoms with E-state index < -0.39 is 0 Å². The van der Waals surface area contributed by atoms with E-state index in [-0.39, 0.29) is 5.91 Å². The molecule has 116 valence electrons. The van der Waals surface area contributed by atoms with E-state index in [0.29, 0.717) is 5.56 Å². The van der Waals surface area contributed by atoms with Gasteiger partial charge in [-0.15, -0.1) is 0 Å². The Balaban J connectivity index is 1.94.